The number of ether oxygens (including phenoxy) is 1. The molecule has 1 atom stereocenters. The maximum absolute atomic E-state index is 13.9. The largest absolute Gasteiger partial charge is 0.497 e. The lowest BCUT2D eigenvalue weighted by Gasteiger charge is -2.36. The summed E-state index contributed by atoms with van der Waals surface area (Å²) in [5, 5.41) is 2.05. The Hall–Kier alpha value is -3.67. The van der Waals surface area contributed by atoms with Crippen LogP contribution in [0.2, 0.25) is 0 Å². The van der Waals surface area contributed by atoms with E-state index in [1.807, 2.05) is 12.1 Å². The van der Waals surface area contributed by atoms with Crippen molar-refractivity contribution < 1.29 is 14.3 Å². The highest BCUT2D eigenvalue weighted by Gasteiger charge is 2.44. The third kappa shape index (κ3) is 2.84. The number of nitrogens with zero attached hydrogens (tertiary/aromatic N) is 2. The smallest absolute Gasteiger partial charge is 0.268 e. The highest BCUT2D eigenvalue weighted by Crippen LogP contribution is 2.46. The molecule has 2 aromatic heterocycles. The van der Waals surface area contributed by atoms with Crippen LogP contribution >= 0.6 is 0 Å². The number of nitrogens with one attached hydrogen (secondary N) is 1. The summed E-state index contributed by atoms with van der Waals surface area (Å²) in [5.74, 6) is 0.574. The first-order valence-electron chi connectivity index (χ1n) is 11.8. The van der Waals surface area contributed by atoms with Crippen LogP contribution in [0.15, 0.2) is 42.6 Å². The summed E-state index contributed by atoms with van der Waals surface area (Å²) in [6, 6.07) is 11.0. The number of anilines is 1. The van der Waals surface area contributed by atoms with Crippen LogP contribution in [-0.4, -0.2) is 28.9 Å². The molecule has 0 spiro atoms. The molecular formula is C28H27N3O3. The van der Waals surface area contributed by atoms with Gasteiger partial charge in [0.1, 0.15) is 11.4 Å². The van der Waals surface area contributed by atoms with Crippen molar-refractivity contribution in [2.45, 2.75) is 40.0 Å². The van der Waals surface area contributed by atoms with Crippen LogP contribution in [0.1, 0.15) is 59.0 Å². The third-order valence-electron chi connectivity index (χ3n) is 7.62. The van der Waals surface area contributed by atoms with Crippen LogP contribution in [0.25, 0.3) is 21.9 Å². The van der Waals surface area contributed by atoms with Gasteiger partial charge in [-0.15, -0.1) is 0 Å². The monoisotopic (exact) mass is 453 g/mol. The summed E-state index contributed by atoms with van der Waals surface area (Å²) in [6.45, 7) is 6.77. The zero-order valence-corrected chi connectivity index (χ0v) is 19.9. The lowest BCUT2D eigenvalue weighted by Crippen LogP contribution is -2.30. The van der Waals surface area contributed by atoms with E-state index < -0.39 is 0 Å². The molecule has 0 saturated carbocycles. The molecule has 2 aliphatic rings. The minimum Gasteiger partial charge on any atom is -0.497 e. The number of hydrogen-bond donors (Lipinski definition) is 1. The molecular weight excluding hydrogens is 426 g/mol. The fourth-order valence-electron chi connectivity index (χ4n) is 5.74. The number of pyridine rings is 1. The van der Waals surface area contributed by atoms with E-state index in [0.29, 0.717) is 28.5 Å². The average Bonchev–Trinajstić information content (AvgIpc) is 3.33. The molecule has 6 heteroatoms. The van der Waals surface area contributed by atoms with Crippen LogP contribution in [0, 0.1) is 11.3 Å². The molecule has 34 heavy (non-hydrogen) atoms. The van der Waals surface area contributed by atoms with Gasteiger partial charge < -0.3 is 9.72 Å². The van der Waals surface area contributed by atoms with Gasteiger partial charge in [0.05, 0.1) is 29.4 Å². The van der Waals surface area contributed by atoms with E-state index in [1.165, 1.54) is 10.5 Å². The number of H-pyrrole nitrogens is 1. The summed E-state index contributed by atoms with van der Waals surface area (Å²) in [6.07, 6.45) is 4.48. The van der Waals surface area contributed by atoms with Crippen LogP contribution in [0.5, 0.6) is 5.75 Å². The fourth-order valence-corrected chi connectivity index (χ4v) is 5.74. The lowest BCUT2D eigenvalue weighted by atomic mass is 9.69. The normalized spacial score (nSPS) is 18.0. The van der Waals surface area contributed by atoms with Gasteiger partial charge >= 0.3 is 0 Å². The molecule has 0 bridgehead atoms. The number of aromatic amines is 1. The van der Waals surface area contributed by atoms with Crippen molar-refractivity contribution in [3.8, 4) is 5.75 Å². The molecule has 0 radical (unpaired) electrons. The van der Waals surface area contributed by atoms with Crippen molar-refractivity contribution in [3.63, 3.8) is 0 Å². The van der Waals surface area contributed by atoms with Crippen LogP contribution in [-0.2, 0) is 12.8 Å². The highest BCUT2D eigenvalue weighted by molar-refractivity contribution is 6.39. The summed E-state index contributed by atoms with van der Waals surface area (Å²) in [5.41, 5.74) is 5.39. The zero-order valence-electron chi connectivity index (χ0n) is 19.9. The number of carbonyl (C=O) groups is 2. The first-order valence-corrected chi connectivity index (χ1v) is 11.8. The Kier molecular flexibility index (Phi) is 4.40. The predicted molar refractivity (Wildman–Crippen MR) is 133 cm³/mol. The van der Waals surface area contributed by atoms with Gasteiger partial charge in [-0.3, -0.25) is 9.59 Å². The molecule has 172 valence electrons. The zero-order chi connectivity index (χ0) is 23.8. The number of aryl methyl sites for hydroxylation is 1. The van der Waals surface area contributed by atoms with Crippen LogP contribution in [0.3, 0.4) is 0 Å². The standard InChI is InChI=1S/C28H27N3O3/c1-28(2,3)15-7-12-18-20(14-15)22-23(24-21(18)19-6-5-13-29-25(19)30-24)27(33)31(26(22)32)16-8-10-17(34-4)11-9-16/h5-6,8-11,13,15H,7,12,14H2,1-4H3,(H,29,30). The van der Waals surface area contributed by atoms with Crippen molar-refractivity contribution in [2.75, 3.05) is 12.0 Å². The summed E-state index contributed by atoms with van der Waals surface area (Å²) in [7, 11) is 1.59. The topological polar surface area (TPSA) is 75.3 Å². The Labute approximate surface area is 197 Å². The number of benzene rings is 2. The molecule has 6 nitrogen and oxygen atoms in total. The van der Waals surface area contributed by atoms with E-state index in [2.05, 4.69) is 30.7 Å². The van der Waals surface area contributed by atoms with Gasteiger partial charge in [0, 0.05) is 17.0 Å². The maximum Gasteiger partial charge on any atom is 0.268 e. The summed E-state index contributed by atoms with van der Waals surface area (Å²) >= 11 is 0. The van der Waals surface area contributed by atoms with Crippen molar-refractivity contribution in [1.82, 2.24) is 9.97 Å². The average molecular weight is 454 g/mol. The summed E-state index contributed by atoms with van der Waals surface area (Å²) < 4.78 is 5.26. The molecule has 2 aromatic carbocycles. The summed E-state index contributed by atoms with van der Waals surface area (Å²) in [4.78, 5) is 36.9. The van der Waals surface area contributed by atoms with E-state index in [1.54, 1.807) is 37.6 Å². The SMILES string of the molecule is COc1ccc(N2C(=O)c3c4c(c5c([nH]c6ncccc65)c3C2=O)CCC(C(C)(C)C)C4)cc1. The van der Waals surface area contributed by atoms with Crippen LogP contribution < -0.4 is 9.64 Å². The molecule has 1 aliphatic carbocycles. The Morgan fingerprint density at radius 1 is 1.03 bits per heavy atom. The second-order valence-electron chi connectivity index (χ2n) is 10.4. The third-order valence-corrected chi connectivity index (χ3v) is 7.62. The van der Waals surface area contributed by atoms with Gasteiger partial charge in [0.2, 0.25) is 0 Å². The van der Waals surface area contributed by atoms with E-state index in [9.17, 15) is 9.59 Å². The quantitative estimate of drug-likeness (QED) is 0.397. The van der Waals surface area contributed by atoms with Gasteiger partial charge in [0.25, 0.3) is 11.8 Å². The van der Waals surface area contributed by atoms with Gasteiger partial charge in [-0.25, -0.2) is 9.88 Å². The molecule has 1 aliphatic heterocycles. The second-order valence-corrected chi connectivity index (χ2v) is 10.4. The number of amides is 2. The Balaban J connectivity index is 1.63. The van der Waals surface area contributed by atoms with Crippen molar-refractivity contribution in [1.29, 1.82) is 0 Å². The number of imide groups is 1. The molecule has 4 aromatic rings. The Bertz CT molecular complexity index is 1490. The van der Waals surface area contributed by atoms with Crippen LogP contribution in [0.4, 0.5) is 5.69 Å². The van der Waals surface area contributed by atoms with E-state index in [4.69, 9.17) is 4.74 Å². The van der Waals surface area contributed by atoms with Crippen molar-refractivity contribution in [3.05, 3.63) is 64.8 Å². The van der Waals surface area contributed by atoms with Gasteiger partial charge in [-0.1, -0.05) is 20.8 Å². The lowest BCUT2D eigenvalue weighted by molar-refractivity contribution is 0.0926. The van der Waals surface area contributed by atoms with E-state index in [0.717, 1.165) is 46.8 Å². The number of methoxy groups -OCH3 is 1. The number of carbonyl (C=O) groups excluding carboxylic acids is 2. The molecule has 1 unspecified atom stereocenters. The maximum atomic E-state index is 13.9. The number of rotatable bonds is 2. The first-order chi connectivity index (χ1) is 16.3. The fraction of sp³-hybridized carbons (Fsp3) is 0.321. The van der Waals surface area contributed by atoms with Gasteiger partial charge in [-0.2, -0.15) is 0 Å². The molecule has 3 heterocycles. The predicted octanol–water partition coefficient (Wildman–Crippen LogP) is 5.68. The first kappa shape index (κ1) is 20.9. The highest BCUT2D eigenvalue weighted by atomic mass is 16.5. The molecule has 6 rings (SSSR count). The second kappa shape index (κ2) is 7.16. The van der Waals surface area contributed by atoms with Gasteiger partial charge in [-0.05, 0) is 78.1 Å². The number of aromatic nitrogens is 2. The van der Waals surface area contributed by atoms with Crippen molar-refractivity contribution in [2.24, 2.45) is 11.3 Å². The number of fused-ring (bicyclic) bond motifs is 8. The van der Waals surface area contributed by atoms with E-state index >= 15 is 0 Å². The minimum absolute atomic E-state index is 0.114. The van der Waals surface area contributed by atoms with Crippen molar-refractivity contribution >= 4 is 39.4 Å². The Morgan fingerprint density at radius 3 is 2.47 bits per heavy atom. The molecule has 0 fully saturated rings. The van der Waals surface area contributed by atoms with Gasteiger partial charge in [0.15, 0.2) is 0 Å². The molecule has 1 N–H and O–H groups in total. The Morgan fingerprint density at radius 2 is 1.76 bits per heavy atom. The molecule has 0 saturated heterocycles. The number of hydrogen-bond acceptors (Lipinski definition) is 4. The van der Waals surface area contributed by atoms with E-state index in [-0.39, 0.29) is 17.2 Å². The molecule has 2 amide bonds. The minimum atomic E-state index is -0.289.